The quantitative estimate of drug-likeness (QED) is 0.157. The molecule has 0 saturated carbocycles. The molecule has 0 spiro atoms. The van der Waals surface area contributed by atoms with Crippen molar-refractivity contribution in [3.05, 3.63) is 64.7 Å². The number of hydrogen-bond acceptors (Lipinski definition) is 7. The van der Waals surface area contributed by atoms with E-state index in [1.165, 1.54) is 12.8 Å². The molecule has 0 unspecified atom stereocenters. The lowest BCUT2D eigenvalue weighted by Gasteiger charge is -2.29. The van der Waals surface area contributed by atoms with Crippen molar-refractivity contribution in [2.45, 2.75) is 66.1 Å². The van der Waals surface area contributed by atoms with Gasteiger partial charge in [0, 0.05) is 47.2 Å². The van der Waals surface area contributed by atoms with Crippen molar-refractivity contribution in [2.24, 2.45) is 13.0 Å². The Hall–Kier alpha value is -3.46. The lowest BCUT2D eigenvalue weighted by Crippen LogP contribution is -2.29. The normalized spacial score (nSPS) is 16.2. The summed E-state index contributed by atoms with van der Waals surface area (Å²) in [6, 6.07) is 16.3. The van der Waals surface area contributed by atoms with Gasteiger partial charge in [-0.1, -0.05) is 37.1 Å². The Morgan fingerprint density at radius 3 is 2.51 bits per heavy atom. The van der Waals surface area contributed by atoms with Gasteiger partial charge < -0.3 is 14.4 Å². The molecule has 2 aromatic heterocycles. The number of anilines is 1. The second-order valence-corrected chi connectivity index (χ2v) is 14.3. The summed E-state index contributed by atoms with van der Waals surface area (Å²) in [5.41, 5.74) is 5.99. The molecule has 1 aliphatic rings. The molecule has 0 amide bonds. The molecule has 3 aromatic carbocycles. The average Bonchev–Trinajstić information content (AvgIpc) is 3.72. The fraction of sp³-hybridized carbons (Fsp3) is 0.417. The molecule has 1 aliphatic heterocycles. The topological polar surface area (TPSA) is 69.5 Å². The van der Waals surface area contributed by atoms with Crippen LogP contribution in [0, 0.1) is 12.8 Å². The number of carbonyl (C=O) groups excluding carboxylic acids is 1. The maximum absolute atomic E-state index is 13.5. The number of hydrogen-bond donors (Lipinski definition) is 0. The van der Waals surface area contributed by atoms with Crippen LogP contribution in [0.5, 0.6) is 0 Å². The number of aryl methyl sites for hydroxylation is 2. The van der Waals surface area contributed by atoms with E-state index in [0.29, 0.717) is 10.9 Å². The molecule has 2 atom stereocenters. The van der Waals surface area contributed by atoms with Gasteiger partial charge in [-0.05, 0) is 94.5 Å². The van der Waals surface area contributed by atoms with Crippen molar-refractivity contribution in [3.8, 4) is 21.7 Å². The van der Waals surface area contributed by atoms with Crippen LogP contribution in [0.25, 0.3) is 42.8 Å². The maximum atomic E-state index is 13.5. The summed E-state index contributed by atoms with van der Waals surface area (Å²) in [6.45, 7) is 14.3. The molecule has 1 saturated heterocycles. The second-order valence-electron chi connectivity index (χ2n) is 12.9. The predicted molar refractivity (Wildman–Crippen MR) is 185 cm³/mol. The Bertz CT molecular complexity index is 1870. The summed E-state index contributed by atoms with van der Waals surface area (Å²) in [7, 11) is 2.01. The summed E-state index contributed by atoms with van der Waals surface area (Å²) >= 11 is 7.94. The maximum Gasteiger partial charge on any atom is 0.339 e. The van der Waals surface area contributed by atoms with Crippen LogP contribution in [-0.4, -0.2) is 46.0 Å². The highest BCUT2D eigenvalue weighted by molar-refractivity contribution is 7.22. The van der Waals surface area contributed by atoms with Crippen LogP contribution in [0.1, 0.15) is 64.7 Å². The average molecular weight is 645 g/mol. The highest BCUT2D eigenvalue weighted by Gasteiger charge is 2.34. The lowest BCUT2D eigenvalue weighted by molar-refractivity contribution is -0.166. The zero-order chi connectivity index (χ0) is 32.0. The molecule has 0 bridgehead atoms. The number of aromatic nitrogens is 3. The molecule has 6 rings (SSSR count). The third-order valence-electron chi connectivity index (χ3n) is 8.54. The number of esters is 1. The summed E-state index contributed by atoms with van der Waals surface area (Å²) in [5.74, 6) is 1.35. The minimum atomic E-state index is -0.910. The first-order valence-corrected chi connectivity index (χ1v) is 16.9. The van der Waals surface area contributed by atoms with Gasteiger partial charge in [0.2, 0.25) is 0 Å². The van der Waals surface area contributed by atoms with Crippen molar-refractivity contribution in [2.75, 3.05) is 24.6 Å². The van der Waals surface area contributed by atoms with Crippen LogP contribution in [0.15, 0.2) is 48.5 Å². The van der Waals surface area contributed by atoms with E-state index in [9.17, 15) is 4.79 Å². The monoisotopic (exact) mass is 644 g/mol. The number of ether oxygens (including phenoxy) is 2. The van der Waals surface area contributed by atoms with Gasteiger partial charge in [0.1, 0.15) is 5.01 Å². The smallest absolute Gasteiger partial charge is 0.339 e. The van der Waals surface area contributed by atoms with Gasteiger partial charge in [-0.25, -0.2) is 9.78 Å². The number of rotatable bonds is 8. The van der Waals surface area contributed by atoms with E-state index in [1.807, 2.05) is 70.6 Å². The summed E-state index contributed by atoms with van der Waals surface area (Å²) < 4.78 is 15.0. The van der Waals surface area contributed by atoms with Crippen molar-refractivity contribution in [3.63, 3.8) is 0 Å². The largest absolute Gasteiger partial charge is 0.464 e. The highest BCUT2D eigenvalue weighted by Crippen LogP contribution is 2.45. The SMILES string of the molecule is CCOC(=O)[C@@H](OC(C)(C)C)c1c(C)cc2nc(-c3ccc4c(c3)c(N3CC[C@@H](CC)C3)nn4C)sc2c1-c1ccc(Cl)cc1. The van der Waals surface area contributed by atoms with Crippen LogP contribution < -0.4 is 4.90 Å². The Balaban J connectivity index is 1.54. The van der Waals surface area contributed by atoms with E-state index in [0.717, 1.165) is 72.9 Å². The number of nitrogens with zero attached hydrogens (tertiary/aromatic N) is 4. The summed E-state index contributed by atoms with van der Waals surface area (Å²) in [6.07, 6.45) is 1.48. The molecule has 236 valence electrons. The van der Waals surface area contributed by atoms with Gasteiger partial charge in [-0.3, -0.25) is 4.68 Å². The van der Waals surface area contributed by atoms with Crippen LogP contribution >= 0.6 is 22.9 Å². The number of halogens is 1. The first kappa shape index (κ1) is 31.5. The molecule has 9 heteroatoms. The summed E-state index contributed by atoms with van der Waals surface area (Å²) in [5, 5.41) is 7.63. The Labute approximate surface area is 274 Å². The van der Waals surface area contributed by atoms with Gasteiger partial charge in [0.15, 0.2) is 11.9 Å². The van der Waals surface area contributed by atoms with E-state index in [-0.39, 0.29) is 6.61 Å². The third-order valence-corrected chi connectivity index (χ3v) is 9.93. The molecule has 1 fully saturated rings. The lowest BCUT2D eigenvalue weighted by atomic mass is 9.91. The highest BCUT2D eigenvalue weighted by atomic mass is 35.5. The van der Waals surface area contributed by atoms with Gasteiger partial charge >= 0.3 is 5.97 Å². The van der Waals surface area contributed by atoms with Crippen molar-refractivity contribution in [1.82, 2.24) is 14.8 Å². The van der Waals surface area contributed by atoms with E-state index < -0.39 is 17.7 Å². The van der Waals surface area contributed by atoms with E-state index in [1.54, 1.807) is 11.3 Å². The zero-order valence-corrected chi connectivity index (χ0v) is 28.7. The molecular formula is C36H41ClN4O3S. The predicted octanol–water partition coefficient (Wildman–Crippen LogP) is 9.13. The third kappa shape index (κ3) is 6.20. The number of thiazole rings is 1. The minimum absolute atomic E-state index is 0.264. The van der Waals surface area contributed by atoms with Gasteiger partial charge in [-0.2, -0.15) is 5.10 Å². The molecule has 3 heterocycles. The van der Waals surface area contributed by atoms with Gasteiger partial charge in [0.05, 0.1) is 27.9 Å². The summed E-state index contributed by atoms with van der Waals surface area (Å²) in [4.78, 5) is 21.1. The number of fused-ring (bicyclic) bond motifs is 2. The molecule has 0 aliphatic carbocycles. The Morgan fingerprint density at radius 1 is 1.11 bits per heavy atom. The molecule has 45 heavy (non-hydrogen) atoms. The molecule has 5 aromatic rings. The number of carbonyl (C=O) groups is 1. The van der Waals surface area contributed by atoms with Crippen LogP contribution in [0.3, 0.4) is 0 Å². The Kier molecular flexibility index (Phi) is 8.67. The standard InChI is InChI=1S/C36H41ClN4O3S/c1-8-22-16-17-41(20-22)33-26-19-24(12-15-28(26)40(7)39-33)34-38-27-18-21(3)29(31(35(42)43-9-2)44-36(4,5)6)30(32(27)45-34)23-10-13-25(37)14-11-23/h10-15,18-19,22,31H,8-9,16-17,20H2,1-7H3/t22-,31+/m1/s1. The first-order chi connectivity index (χ1) is 21.5. The zero-order valence-electron chi connectivity index (χ0n) is 27.1. The van der Waals surface area contributed by atoms with E-state index in [4.69, 9.17) is 31.2 Å². The molecule has 0 N–H and O–H groups in total. The minimum Gasteiger partial charge on any atom is -0.464 e. The van der Waals surface area contributed by atoms with Crippen molar-refractivity contribution in [1.29, 1.82) is 0 Å². The van der Waals surface area contributed by atoms with Crippen LogP contribution in [0.2, 0.25) is 5.02 Å². The Morgan fingerprint density at radius 2 is 1.84 bits per heavy atom. The van der Waals surface area contributed by atoms with Crippen molar-refractivity contribution < 1.29 is 14.3 Å². The van der Waals surface area contributed by atoms with Gasteiger partial charge in [0.25, 0.3) is 0 Å². The second kappa shape index (κ2) is 12.4. The van der Waals surface area contributed by atoms with Crippen LogP contribution in [0.4, 0.5) is 5.82 Å². The van der Waals surface area contributed by atoms with Crippen LogP contribution in [-0.2, 0) is 21.3 Å². The molecule has 7 nitrogen and oxygen atoms in total. The first-order valence-electron chi connectivity index (χ1n) is 15.7. The molecule has 0 radical (unpaired) electrons. The van der Waals surface area contributed by atoms with E-state index >= 15 is 0 Å². The fourth-order valence-corrected chi connectivity index (χ4v) is 7.59. The fourth-order valence-electron chi connectivity index (χ4n) is 6.34. The van der Waals surface area contributed by atoms with Gasteiger partial charge in [-0.15, -0.1) is 11.3 Å². The van der Waals surface area contributed by atoms with E-state index in [2.05, 4.69) is 36.1 Å². The molecular weight excluding hydrogens is 604 g/mol. The van der Waals surface area contributed by atoms with Crippen molar-refractivity contribution >= 4 is 55.8 Å². The number of benzene rings is 3.